The number of phosphoric acid groups is 1. The largest absolute Gasteiger partial charge is 0.524 e. The first-order valence-electron chi connectivity index (χ1n) is 12.1. The van der Waals surface area contributed by atoms with Gasteiger partial charge in [0.1, 0.15) is 5.75 Å². The maximum Gasteiger partial charge on any atom is 0.524 e. The lowest BCUT2D eigenvalue weighted by Crippen LogP contribution is -2.45. The van der Waals surface area contributed by atoms with E-state index < -0.39 is 31.6 Å². The van der Waals surface area contributed by atoms with Crippen molar-refractivity contribution >= 4 is 31.3 Å². The van der Waals surface area contributed by atoms with Crippen LogP contribution in [0.3, 0.4) is 0 Å². The van der Waals surface area contributed by atoms with Crippen molar-refractivity contribution in [2.75, 3.05) is 6.54 Å². The average molecular weight is 528 g/mol. The van der Waals surface area contributed by atoms with Crippen LogP contribution in [0.4, 0.5) is 0 Å². The molecule has 202 valence electrons. The number of nitrogens with one attached hydrogen (secondary N) is 2. The van der Waals surface area contributed by atoms with E-state index in [1.807, 2.05) is 20.8 Å². The van der Waals surface area contributed by atoms with Gasteiger partial charge in [-0.05, 0) is 36.5 Å². The van der Waals surface area contributed by atoms with E-state index >= 15 is 0 Å². The molecule has 0 radical (unpaired) electrons. The molecule has 0 saturated carbocycles. The van der Waals surface area contributed by atoms with Crippen LogP contribution in [0.5, 0.6) is 5.75 Å². The molecular weight excluding hydrogens is 489 g/mol. The van der Waals surface area contributed by atoms with Crippen LogP contribution < -0.4 is 20.9 Å². The molecule has 0 heterocycles. The number of carbonyl (C=O) groups is 4. The summed E-state index contributed by atoms with van der Waals surface area (Å²) in [4.78, 5) is 67.5. The average Bonchev–Trinajstić information content (AvgIpc) is 2.80. The molecule has 11 nitrogen and oxygen atoms in total. The van der Waals surface area contributed by atoms with Crippen LogP contribution >= 0.6 is 7.82 Å². The van der Waals surface area contributed by atoms with E-state index in [1.165, 1.54) is 12.1 Å². The van der Waals surface area contributed by atoms with E-state index in [2.05, 4.69) is 15.2 Å². The Kier molecular flexibility index (Phi) is 13.4. The normalized spacial score (nSPS) is 13.8. The molecule has 12 heteroatoms. The quantitative estimate of drug-likeness (QED) is 0.150. The number of rotatable bonds is 17. The van der Waals surface area contributed by atoms with E-state index in [9.17, 15) is 23.7 Å². The molecule has 1 rings (SSSR count). The van der Waals surface area contributed by atoms with Gasteiger partial charge in [0.2, 0.25) is 17.7 Å². The minimum atomic E-state index is -4.71. The second-order valence-corrected chi connectivity index (χ2v) is 10.0. The minimum absolute atomic E-state index is 0.0403. The fraction of sp³-hybridized carbons (Fsp3) is 0.583. The molecule has 0 spiro atoms. The summed E-state index contributed by atoms with van der Waals surface area (Å²) in [5, 5.41) is 5.24. The summed E-state index contributed by atoms with van der Waals surface area (Å²) in [5.74, 6) is -2.67. The second-order valence-electron chi connectivity index (χ2n) is 8.85. The Bertz CT molecular complexity index is 932. The predicted molar refractivity (Wildman–Crippen MR) is 134 cm³/mol. The number of hydrogen-bond donors (Lipinski definition) is 5. The van der Waals surface area contributed by atoms with E-state index in [0.717, 1.165) is 12.8 Å². The zero-order chi connectivity index (χ0) is 27.3. The maximum atomic E-state index is 13.3. The third kappa shape index (κ3) is 12.3. The number of primary amides is 1. The highest BCUT2D eigenvalue weighted by molar-refractivity contribution is 7.46. The van der Waals surface area contributed by atoms with Gasteiger partial charge in [-0.2, -0.15) is 0 Å². The third-order valence-corrected chi connectivity index (χ3v) is 6.29. The summed E-state index contributed by atoms with van der Waals surface area (Å²) in [7, 11) is -4.71. The molecular formula is C24H38N3O8P. The number of nitrogens with two attached hydrogens (primary N) is 1. The summed E-state index contributed by atoms with van der Waals surface area (Å²) in [6.07, 6.45) is 3.36. The first kappa shape index (κ1) is 31.3. The lowest BCUT2D eigenvalue weighted by atomic mass is 9.84. The van der Waals surface area contributed by atoms with Gasteiger partial charge < -0.3 is 20.9 Å². The van der Waals surface area contributed by atoms with Crippen molar-refractivity contribution in [1.82, 2.24) is 10.6 Å². The highest BCUT2D eigenvalue weighted by Crippen LogP contribution is 2.37. The van der Waals surface area contributed by atoms with Crippen molar-refractivity contribution in [3.8, 4) is 5.75 Å². The maximum absolute atomic E-state index is 13.3. The topological polar surface area (TPSA) is 185 Å². The van der Waals surface area contributed by atoms with E-state index in [1.54, 1.807) is 12.1 Å². The van der Waals surface area contributed by atoms with Gasteiger partial charge in [-0.1, -0.05) is 52.2 Å². The number of hydrogen-bond acceptors (Lipinski definition) is 6. The smallest absolute Gasteiger partial charge is 0.404 e. The fourth-order valence-electron chi connectivity index (χ4n) is 3.61. The first-order valence-corrected chi connectivity index (χ1v) is 13.6. The lowest BCUT2D eigenvalue weighted by molar-refractivity contribution is -0.133. The van der Waals surface area contributed by atoms with Crippen LogP contribution in [0.25, 0.3) is 0 Å². The molecule has 3 atom stereocenters. The van der Waals surface area contributed by atoms with Gasteiger partial charge in [-0.3, -0.25) is 29.0 Å². The molecule has 0 aliphatic carbocycles. The summed E-state index contributed by atoms with van der Waals surface area (Å²) < 4.78 is 15.6. The van der Waals surface area contributed by atoms with Crippen molar-refractivity contribution in [2.24, 2.45) is 17.6 Å². The number of benzene rings is 1. The van der Waals surface area contributed by atoms with E-state index in [-0.39, 0.29) is 49.2 Å². The van der Waals surface area contributed by atoms with Crippen molar-refractivity contribution in [1.29, 1.82) is 0 Å². The summed E-state index contributed by atoms with van der Waals surface area (Å²) in [5.41, 5.74) is 5.74. The van der Waals surface area contributed by atoms with Gasteiger partial charge in [-0.25, -0.2) is 4.57 Å². The third-order valence-electron chi connectivity index (χ3n) is 5.84. The Balaban J connectivity index is 3.06. The van der Waals surface area contributed by atoms with Crippen LogP contribution in [0.15, 0.2) is 24.3 Å². The molecule has 0 bridgehead atoms. The van der Waals surface area contributed by atoms with Gasteiger partial charge >= 0.3 is 7.82 Å². The minimum Gasteiger partial charge on any atom is -0.404 e. The van der Waals surface area contributed by atoms with Crippen molar-refractivity contribution < 1.29 is 38.1 Å². The van der Waals surface area contributed by atoms with Crippen molar-refractivity contribution in [3.05, 3.63) is 29.8 Å². The van der Waals surface area contributed by atoms with Gasteiger partial charge in [0.05, 0.1) is 12.6 Å². The summed E-state index contributed by atoms with van der Waals surface area (Å²) >= 11 is 0. The molecule has 0 aliphatic heterocycles. The molecule has 0 fully saturated rings. The van der Waals surface area contributed by atoms with E-state index in [4.69, 9.17) is 15.5 Å². The Labute approximate surface area is 211 Å². The van der Waals surface area contributed by atoms with Crippen LogP contribution in [-0.2, 0) is 30.2 Å². The summed E-state index contributed by atoms with van der Waals surface area (Å²) in [6.45, 7) is 5.40. The monoisotopic (exact) mass is 527 g/mol. The Morgan fingerprint density at radius 1 is 1.08 bits per heavy atom. The Morgan fingerprint density at radius 2 is 1.72 bits per heavy atom. The van der Waals surface area contributed by atoms with Crippen LogP contribution in [0.2, 0.25) is 0 Å². The second kappa shape index (κ2) is 15.4. The van der Waals surface area contributed by atoms with Gasteiger partial charge in [0, 0.05) is 18.8 Å². The van der Waals surface area contributed by atoms with Crippen LogP contribution in [0.1, 0.15) is 64.9 Å². The fourth-order valence-corrected chi connectivity index (χ4v) is 4.00. The highest BCUT2D eigenvalue weighted by atomic mass is 31.2. The SMILES string of the molecule is CCCCCC(=O)NC(Cc1ccc(OP(=O)(O)O)cc1)C(=O)CC(C(=O)NCC(N)=O)C(C)CC. The van der Waals surface area contributed by atoms with Gasteiger partial charge in [-0.15, -0.1) is 0 Å². The lowest BCUT2D eigenvalue weighted by Gasteiger charge is -2.25. The zero-order valence-electron chi connectivity index (χ0n) is 21.1. The number of amides is 3. The molecule has 1 aromatic carbocycles. The highest BCUT2D eigenvalue weighted by Gasteiger charge is 2.31. The molecule has 3 amide bonds. The molecule has 0 saturated heterocycles. The Morgan fingerprint density at radius 3 is 2.25 bits per heavy atom. The van der Waals surface area contributed by atoms with Crippen LogP contribution in [-0.4, -0.2) is 45.9 Å². The van der Waals surface area contributed by atoms with E-state index in [0.29, 0.717) is 18.4 Å². The molecule has 3 unspecified atom stereocenters. The molecule has 1 aromatic rings. The van der Waals surface area contributed by atoms with Crippen LogP contribution in [0, 0.1) is 11.8 Å². The van der Waals surface area contributed by atoms with Crippen molar-refractivity contribution in [2.45, 2.75) is 71.8 Å². The predicted octanol–water partition coefficient (Wildman–Crippen LogP) is 1.99. The molecule has 6 N–H and O–H groups in total. The number of Topliss-reactive ketones (excluding diaryl/α,β-unsaturated/α-hetero) is 1. The number of carbonyl (C=O) groups excluding carboxylic acids is 4. The number of phosphoric ester groups is 1. The standard InChI is InChI=1S/C24H38N3O8P/c1-4-6-7-8-23(30)27-20(13-17-9-11-18(12-10-17)35-36(32,33)34)21(28)14-19(16(3)5-2)24(31)26-15-22(25)29/h9-12,16,19-20H,4-8,13-15H2,1-3H3,(H2,25,29)(H,26,31)(H,27,30)(H2,32,33,34). The molecule has 36 heavy (non-hydrogen) atoms. The number of ketones is 1. The van der Waals surface area contributed by atoms with Crippen molar-refractivity contribution in [3.63, 3.8) is 0 Å². The Hall–Kier alpha value is -2.75. The van der Waals surface area contributed by atoms with Gasteiger partial charge in [0.25, 0.3) is 0 Å². The number of unbranched alkanes of at least 4 members (excludes halogenated alkanes) is 2. The first-order chi connectivity index (χ1) is 16.9. The summed E-state index contributed by atoms with van der Waals surface area (Å²) in [6, 6.07) is 4.89. The van der Waals surface area contributed by atoms with Gasteiger partial charge in [0.15, 0.2) is 5.78 Å². The molecule has 0 aromatic heterocycles. The molecule has 0 aliphatic rings. The zero-order valence-corrected chi connectivity index (χ0v) is 22.0.